The molecule has 3 heterocycles. The third kappa shape index (κ3) is 3.99. The van der Waals surface area contributed by atoms with Gasteiger partial charge in [0.25, 0.3) is 0 Å². The first-order valence-corrected chi connectivity index (χ1v) is 11.4. The first kappa shape index (κ1) is 21.0. The zero-order chi connectivity index (χ0) is 22.1. The molecule has 1 aliphatic heterocycles. The smallest absolute Gasteiger partial charge is 0.139 e. The highest BCUT2D eigenvalue weighted by Gasteiger charge is 2.19. The SMILES string of the molecule is CNc1cc(-c2c(-c3cccc(CN4CCOCC4)c3)[nH]c3nccc(Cl)c23)ccc1C. The number of hydrogen-bond donors (Lipinski definition) is 2. The fourth-order valence-electron chi connectivity index (χ4n) is 4.47. The van der Waals surface area contributed by atoms with Gasteiger partial charge in [0.05, 0.1) is 23.9 Å². The van der Waals surface area contributed by atoms with Gasteiger partial charge in [-0.3, -0.25) is 4.90 Å². The molecule has 0 radical (unpaired) electrons. The monoisotopic (exact) mass is 446 g/mol. The standard InChI is InChI=1S/C26H27ClN4O/c1-17-6-7-19(15-22(17)28-2)23-24-21(27)8-9-29-26(24)30-25(23)20-5-3-4-18(14-20)16-31-10-12-32-13-11-31/h3-9,14-15,28H,10-13,16H2,1-2H3,(H,29,30). The van der Waals surface area contributed by atoms with Crippen LogP contribution < -0.4 is 5.32 Å². The molecule has 1 fully saturated rings. The maximum Gasteiger partial charge on any atom is 0.139 e. The van der Waals surface area contributed by atoms with Gasteiger partial charge in [-0.25, -0.2) is 4.98 Å². The number of fused-ring (bicyclic) bond motifs is 1. The van der Waals surface area contributed by atoms with Crippen LogP contribution in [0.1, 0.15) is 11.1 Å². The number of aromatic nitrogens is 2. The predicted molar refractivity (Wildman–Crippen MR) is 132 cm³/mol. The van der Waals surface area contributed by atoms with E-state index in [9.17, 15) is 0 Å². The number of ether oxygens (including phenoxy) is 1. The van der Waals surface area contributed by atoms with Crippen LogP contribution in [-0.4, -0.2) is 48.2 Å². The van der Waals surface area contributed by atoms with Crippen molar-refractivity contribution >= 4 is 28.3 Å². The first-order valence-electron chi connectivity index (χ1n) is 11.0. The maximum atomic E-state index is 6.68. The number of anilines is 1. The van der Waals surface area contributed by atoms with E-state index in [2.05, 4.69) is 69.6 Å². The highest BCUT2D eigenvalue weighted by Crippen LogP contribution is 2.41. The normalized spacial score (nSPS) is 14.7. The van der Waals surface area contributed by atoms with Crippen LogP contribution >= 0.6 is 11.6 Å². The Kier molecular flexibility index (Phi) is 5.87. The fraction of sp³-hybridized carbons (Fsp3) is 0.269. The van der Waals surface area contributed by atoms with Gasteiger partial charge in [0.15, 0.2) is 0 Å². The minimum Gasteiger partial charge on any atom is -0.388 e. The van der Waals surface area contributed by atoms with Gasteiger partial charge < -0.3 is 15.0 Å². The van der Waals surface area contributed by atoms with Crippen molar-refractivity contribution in [3.8, 4) is 22.4 Å². The number of benzene rings is 2. The molecule has 2 N–H and O–H groups in total. The number of H-pyrrole nitrogens is 1. The van der Waals surface area contributed by atoms with Crippen LogP contribution in [0.4, 0.5) is 5.69 Å². The van der Waals surface area contributed by atoms with Crippen molar-refractivity contribution in [2.24, 2.45) is 0 Å². The van der Waals surface area contributed by atoms with Crippen molar-refractivity contribution in [2.75, 3.05) is 38.7 Å². The Morgan fingerprint density at radius 3 is 2.75 bits per heavy atom. The zero-order valence-corrected chi connectivity index (χ0v) is 19.2. The van der Waals surface area contributed by atoms with Gasteiger partial charge in [-0.2, -0.15) is 0 Å². The molecule has 0 unspecified atom stereocenters. The minimum absolute atomic E-state index is 0.698. The lowest BCUT2D eigenvalue weighted by Gasteiger charge is -2.26. The number of hydrogen-bond acceptors (Lipinski definition) is 4. The maximum absolute atomic E-state index is 6.68. The largest absolute Gasteiger partial charge is 0.388 e. The summed E-state index contributed by atoms with van der Waals surface area (Å²) in [5, 5.41) is 4.95. The average Bonchev–Trinajstić information content (AvgIpc) is 3.21. The molecule has 5 nitrogen and oxygen atoms in total. The predicted octanol–water partition coefficient (Wildman–Crippen LogP) is 5.73. The molecule has 1 aliphatic rings. The second-order valence-electron chi connectivity index (χ2n) is 8.26. The van der Waals surface area contributed by atoms with Gasteiger partial charge in [-0.15, -0.1) is 0 Å². The quantitative estimate of drug-likeness (QED) is 0.411. The van der Waals surface area contributed by atoms with E-state index in [0.717, 1.165) is 72.0 Å². The second kappa shape index (κ2) is 8.94. The molecule has 5 rings (SSSR count). The molecule has 0 atom stereocenters. The number of aromatic amines is 1. The van der Waals surface area contributed by atoms with Crippen molar-refractivity contribution in [1.29, 1.82) is 0 Å². The van der Waals surface area contributed by atoms with Gasteiger partial charge in [-0.1, -0.05) is 41.9 Å². The molecule has 4 aromatic rings. The lowest BCUT2D eigenvalue weighted by Crippen LogP contribution is -2.35. The topological polar surface area (TPSA) is 53.2 Å². The molecule has 2 aromatic carbocycles. The average molecular weight is 447 g/mol. The summed E-state index contributed by atoms with van der Waals surface area (Å²) in [6.45, 7) is 6.57. The summed E-state index contributed by atoms with van der Waals surface area (Å²) in [4.78, 5) is 10.6. The summed E-state index contributed by atoms with van der Waals surface area (Å²) in [5.74, 6) is 0. The number of morpholine rings is 1. The number of aryl methyl sites for hydroxylation is 1. The van der Waals surface area contributed by atoms with E-state index in [1.807, 2.05) is 13.1 Å². The molecule has 0 amide bonds. The molecule has 0 saturated carbocycles. The molecular weight excluding hydrogens is 420 g/mol. The highest BCUT2D eigenvalue weighted by atomic mass is 35.5. The van der Waals surface area contributed by atoms with Crippen LogP contribution in [0.5, 0.6) is 0 Å². The van der Waals surface area contributed by atoms with Crippen LogP contribution in [0.2, 0.25) is 5.02 Å². The van der Waals surface area contributed by atoms with E-state index in [0.29, 0.717) is 5.02 Å². The van der Waals surface area contributed by atoms with Crippen molar-refractivity contribution in [3.63, 3.8) is 0 Å². The molecule has 32 heavy (non-hydrogen) atoms. The summed E-state index contributed by atoms with van der Waals surface area (Å²) < 4.78 is 5.50. The number of halogens is 1. The summed E-state index contributed by atoms with van der Waals surface area (Å²) in [5.41, 5.74) is 8.74. The van der Waals surface area contributed by atoms with Crippen LogP contribution in [0, 0.1) is 6.92 Å². The summed E-state index contributed by atoms with van der Waals surface area (Å²) in [6, 6.07) is 17.1. The highest BCUT2D eigenvalue weighted by molar-refractivity contribution is 6.36. The third-order valence-corrected chi connectivity index (χ3v) is 6.48. The van der Waals surface area contributed by atoms with Crippen LogP contribution in [0.15, 0.2) is 54.7 Å². The van der Waals surface area contributed by atoms with Gasteiger partial charge in [0.2, 0.25) is 0 Å². The minimum atomic E-state index is 0.698. The molecule has 0 spiro atoms. The van der Waals surface area contributed by atoms with Gasteiger partial charge >= 0.3 is 0 Å². The van der Waals surface area contributed by atoms with E-state index >= 15 is 0 Å². The van der Waals surface area contributed by atoms with Crippen LogP contribution in [-0.2, 0) is 11.3 Å². The lowest BCUT2D eigenvalue weighted by molar-refractivity contribution is 0.0342. The number of nitrogens with zero attached hydrogens (tertiary/aromatic N) is 2. The Hall–Kier alpha value is -2.86. The molecule has 164 valence electrons. The summed E-state index contributed by atoms with van der Waals surface area (Å²) >= 11 is 6.68. The van der Waals surface area contributed by atoms with E-state index in [1.54, 1.807) is 6.20 Å². The Morgan fingerprint density at radius 2 is 1.94 bits per heavy atom. The molecule has 0 bridgehead atoms. The Labute approximate surface area is 193 Å². The van der Waals surface area contributed by atoms with Crippen molar-refractivity contribution in [1.82, 2.24) is 14.9 Å². The lowest BCUT2D eigenvalue weighted by atomic mass is 9.96. The Morgan fingerprint density at radius 1 is 1.09 bits per heavy atom. The fourth-order valence-corrected chi connectivity index (χ4v) is 4.71. The van der Waals surface area contributed by atoms with Crippen molar-refractivity contribution in [2.45, 2.75) is 13.5 Å². The number of pyridine rings is 1. The van der Waals surface area contributed by atoms with Crippen LogP contribution in [0.3, 0.4) is 0 Å². The first-order chi connectivity index (χ1) is 15.6. The molecule has 2 aromatic heterocycles. The number of nitrogens with one attached hydrogen (secondary N) is 2. The summed E-state index contributed by atoms with van der Waals surface area (Å²) in [6.07, 6.45) is 1.75. The molecule has 0 aliphatic carbocycles. The molecule has 6 heteroatoms. The van der Waals surface area contributed by atoms with Crippen molar-refractivity contribution in [3.05, 3.63) is 70.9 Å². The third-order valence-electron chi connectivity index (χ3n) is 6.16. The van der Waals surface area contributed by atoms with Crippen molar-refractivity contribution < 1.29 is 4.74 Å². The zero-order valence-electron chi connectivity index (χ0n) is 18.4. The Balaban J connectivity index is 1.64. The van der Waals surface area contributed by atoms with Gasteiger partial charge in [0.1, 0.15) is 5.65 Å². The van der Waals surface area contributed by atoms with Gasteiger partial charge in [-0.05, 0) is 47.4 Å². The van der Waals surface area contributed by atoms with Crippen LogP contribution in [0.25, 0.3) is 33.4 Å². The van der Waals surface area contributed by atoms with E-state index in [4.69, 9.17) is 16.3 Å². The second-order valence-corrected chi connectivity index (χ2v) is 8.67. The summed E-state index contributed by atoms with van der Waals surface area (Å²) in [7, 11) is 1.95. The van der Waals surface area contributed by atoms with Gasteiger partial charge in [0, 0.05) is 49.5 Å². The number of rotatable bonds is 5. The molecule has 1 saturated heterocycles. The van der Waals surface area contributed by atoms with E-state index in [-0.39, 0.29) is 0 Å². The molecular formula is C26H27ClN4O. The van der Waals surface area contributed by atoms with E-state index < -0.39 is 0 Å². The van der Waals surface area contributed by atoms with E-state index in [1.165, 1.54) is 11.1 Å². The Bertz CT molecular complexity index is 1260.